The van der Waals surface area contributed by atoms with E-state index in [1.807, 2.05) is 13.0 Å². The van der Waals surface area contributed by atoms with Crippen molar-refractivity contribution in [1.82, 2.24) is 0 Å². The predicted molar refractivity (Wildman–Crippen MR) is 76.8 cm³/mol. The van der Waals surface area contributed by atoms with Gasteiger partial charge in [-0.25, -0.2) is 4.39 Å². The molecule has 0 saturated heterocycles. The molecule has 0 spiro atoms. The molecular formula is C17H17FO2. The van der Waals surface area contributed by atoms with Crippen molar-refractivity contribution in [2.75, 3.05) is 6.61 Å². The van der Waals surface area contributed by atoms with Crippen molar-refractivity contribution in [1.29, 1.82) is 0 Å². The van der Waals surface area contributed by atoms with Gasteiger partial charge in [-0.15, -0.1) is 0 Å². The molecule has 0 aliphatic carbocycles. The minimum atomic E-state index is -0.397. The molecule has 20 heavy (non-hydrogen) atoms. The number of carbonyl (C=O) groups is 1. The molecule has 0 aromatic heterocycles. The number of hydrogen-bond acceptors (Lipinski definition) is 2. The first kappa shape index (κ1) is 14.3. The zero-order valence-electron chi connectivity index (χ0n) is 11.7. The molecule has 0 heterocycles. The highest BCUT2D eigenvalue weighted by atomic mass is 19.1. The highest BCUT2D eigenvalue weighted by Crippen LogP contribution is 2.18. The van der Waals surface area contributed by atoms with E-state index in [-0.39, 0.29) is 5.78 Å². The van der Waals surface area contributed by atoms with Gasteiger partial charge in [0.2, 0.25) is 0 Å². The highest BCUT2D eigenvalue weighted by Gasteiger charge is 2.11. The monoisotopic (exact) mass is 272 g/mol. The van der Waals surface area contributed by atoms with E-state index in [4.69, 9.17) is 4.74 Å². The van der Waals surface area contributed by atoms with Crippen LogP contribution in [-0.4, -0.2) is 12.4 Å². The fourth-order valence-electron chi connectivity index (χ4n) is 1.98. The Morgan fingerprint density at radius 2 is 1.95 bits per heavy atom. The van der Waals surface area contributed by atoms with Crippen molar-refractivity contribution in [3.8, 4) is 5.75 Å². The van der Waals surface area contributed by atoms with Crippen LogP contribution >= 0.6 is 0 Å². The summed E-state index contributed by atoms with van der Waals surface area (Å²) < 4.78 is 18.9. The summed E-state index contributed by atoms with van der Waals surface area (Å²) in [6.45, 7) is 4.39. The van der Waals surface area contributed by atoms with Crippen LogP contribution in [0, 0.1) is 12.7 Å². The molecule has 0 saturated carbocycles. The summed E-state index contributed by atoms with van der Waals surface area (Å²) in [5, 5.41) is 0. The van der Waals surface area contributed by atoms with Crippen LogP contribution < -0.4 is 4.74 Å². The molecule has 0 atom stereocenters. The molecular weight excluding hydrogens is 255 g/mol. The van der Waals surface area contributed by atoms with E-state index in [0.29, 0.717) is 23.5 Å². The Bertz CT molecular complexity index is 600. The fourth-order valence-corrected chi connectivity index (χ4v) is 1.98. The third kappa shape index (κ3) is 3.44. The Kier molecular flexibility index (Phi) is 4.51. The number of hydrogen-bond donors (Lipinski definition) is 0. The van der Waals surface area contributed by atoms with E-state index in [2.05, 4.69) is 0 Å². The van der Waals surface area contributed by atoms with Crippen molar-refractivity contribution in [3.63, 3.8) is 0 Å². The van der Waals surface area contributed by atoms with Crippen LogP contribution in [0.15, 0.2) is 42.5 Å². The third-order valence-corrected chi connectivity index (χ3v) is 2.87. The van der Waals surface area contributed by atoms with Crippen LogP contribution in [-0.2, 0) is 0 Å². The lowest BCUT2D eigenvalue weighted by Crippen LogP contribution is -2.03. The maximum absolute atomic E-state index is 13.4. The van der Waals surface area contributed by atoms with Crippen LogP contribution in [0.5, 0.6) is 5.75 Å². The molecule has 0 amide bonds. The van der Waals surface area contributed by atoms with Gasteiger partial charge in [-0.1, -0.05) is 19.1 Å². The molecule has 0 aliphatic rings. The Morgan fingerprint density at radius 3 is 2.65 bits per heavy atom. The summed E-state index contributed by atoms with van der Waals surface area (Å²) in [6.07, 6.45) is 0.904. The standard InChI is InChI=1S/C17H17FO2/c1-3-7-20-16-6-4-5-13(11-16)17(19)14-8-12(2)9-15(18)10-14/h4-6,8-11H,3,7H2,1-2H3. The van der Waals surface area contributed by atoms with Gasteiger partial charge in [-0.05, 0) is 49.2 Å². The van der Waals surface area contributed by atoms with Gasteiger partial charge < -0.3 is 4.74 Å². The second-order valence-corrected chi connectivity index (χ2v) is 4.72. The van der Waals surface area contributed by atoms with Crippen LogP contribution in [0.3, 0.4) is 0 Å². The summed E-state index contributed by atoms with van der Waals surface area (Å²) in [6, 6.07) is 11.3. The number of carbonyl (C=O) groups excluding carboxylic acids is 1. The zero-order chi connectivity index (χ0) is 14.5. The molecule has 2 nitrogen and oxygen atoms in total. The SMILES string of the molecule is CCCOc1cccc(C(=O)c2cc(C)cc(F)c2)c1. The highest BCUT2D eigenvalue weighted by molar-refractivity contribution is 6.09. The zero-order valence-corrected chi connectivity index (χ0v) is 11.7. The quantitative estimate of drug-likeness (QED) is 0.764. The van der Waals surface area contributed by atoms with Crippen molar-refractivity contribution >= 4 is 5.78 Å². The number of ether oxygens (including phenoxy) is 1. The van der Waals surface area contributed by atoms with E-state index in [0.717, 1.165) is 12.0 Å². The van der Waals surface area contributed by atoms with E-state index < -0.39 is 5.82 Å². The van der Waals surface area contributed by atoms with E-state index in [9.17, 15) is 9.18 Å². The average molecular weight is 272 g/mol. The molecule has 0 unspecified atom stereocenters. The molecule has 0 aliphatic heterocycles. The topological polar surface area (TPSA) is 26.3 Å². The number of halogens is 1. The smallest absolute Gasteiger partial charge is 0.193 e. The maximum atomic E-state index is 13.4. The fraction of sp³-hybridized carbons (Fsp3) is 0.235. The predicted octanol–water partition coefficient (Wildman–Crippen LogP) is 4.15. The van der Waals surface area contributed by atoms with Crippen LogP contribution in [0.25, 0.3) is 0 Å². The molecule has 0 radical (unpaired) electrons. The molecule has 2 aromatic rings. The molecule has 0 bridgehead atoms. The first-order valence-corrected chi connectivity index (χ1v) is 6.65. The van der Waals surface area contributed by atoms with Crippen LogP contribution in [0.4, 0.5) is 4.39 Å². The second-order valence-electron chi connectivity index (χ2n) is 4.72. The molecule has 104 valence electrons. The van der Waals surface area contributed by atoms with Gasteiger partial charge in [0.05, 0.1) is 6.61 Å². The normalized spacial score (nSPS) is 10.3. The summed E-state index contributed by atoms with van der Waals surface area (Å²) >= 11 is 0. The largest absolute Gasteiger partial charge is 0.494 e. The molecule has 0 fully saturated rings. The van der Waals surface area contributed by atoms with Gasteiger partial charge >= 0.3 is 0 Å². The average Bonchev–Trinajstić information content (AvgIpc) is 2.43. The summed E-state index contributed by atoms with van der Waals surface area (Å²) in [5.74, 6) is 0.0621. The van der Waals surface area contributed by atoms with E-state index >= 15 is 0 Å². The number of rotatable bonds is 5. The number of ketones is 1. The summed E-state index contributed by atoms with van der Waals surface area (Å²) in [4.78, 5) is 12.4. The summed E-state index contributed by atoms with van der Waals surface area (Å²) in [5.41, 5.74) is 1.59. The van der Waals surface area contributed by atoms with Gasteiger partial charge in [0, 0.05) is 11.1 Å². The second kappa shape index (κ2) is 6.33. The van der Waals surface area contributed by atoms with Crippen LogP contribution in [0.1, 0.15) is 34.8 Å². The lowest BCUT2D eigenvalue weighted by Gasteiger charge is -2.07. The molecule has 2 aromatic carbocycles. The lowest BCUT2D eigenvalue weighted by atomic mass is 10.0. The van der Waals surface area contributed by atoms with Gasteiger partial charge in [-0.2, -0.15) is 0 Å². The van der Waals surface area contributed by atoms with Gasteiger partial charge in [-0.3, -0.25) is 4.79 Å². The number of aryl methyl sites for hydroxylation is 1. The van der Waals surface area contributed by atoms with Gasteiger partial charge in [0.15, 0.2) is 5.78 Å². The Morgan fingerprint density at radius 1 is 1.15 bits per heavy atom. The van der Waals surface area contributed by atoms with Crippen molar-refractivity contribution in [2.24, 2.45) is 0 Å². The summed E-state index contributed by atoms with van der Waals surface area (Å²) in [7, 11) is 0. The Hall–Kier alpha value is -2.16. The minimum Gasteiger partial charge on any atom is -0.494 e. The van der Waals surface area contributed by atoms with Gasteiger partial charge in [0.25, 0.3) is 0 Å². The van der Waals surface area contributed by atoms with Crippen LogP contribution in [0.2, 0.25) is 0 Å². The van der Waals surface area contributed by atoms with Gasteiger partial charge in [0.1, 0.15) is 11.6 Å². The number of benzene rings is 2. The lowest BCUT2D eigenvalue weighted by molar-refractivity contribution is 0.103. The van der Waals surface area contributed by atoms with Crippen molar-refractivity contribution < 1.29 is 13.9 Å². The molecule has 0 N–H and O–H groups in total. The van der Waals surface area contributed by atoms with Crippen molar-refractivity contribution in [3.05, 3.63) is 65.0 Å². The minimum absolute atomic E-state index is 0.199. The van der Waals surface area contributed by atoms with E-state index in [1.54, 1.807) is 31.2 Å². The Balaban J connectivity index is 2.28. The molecule has 3 heteroatoms. The first-order valence-electron chi connectivity index (χ1n) is 6.65. The van der Waals surface area contributed by atoms with E-state index in [1.165, 1.54) is 12.1 Å². The Labute approximate surface area is 118 Å². The first-order chi connectivity index (χ1) is 9.60. The molecule has 2 rings (SSSR count). The third-order valence-electron chi connectivity index (χ3n) is 2.87. The maximum Gasteiger partial charge on any atom is 0.193 e. The van der Waals surface area contributed by atoms with Crippen molar-refractivity contribution in [2.45, 2.75) is 20.3 Å².